The zero-order valence-corrected chi connectivity index (χ0v) is 16.0. The molecule has 0 radical (unpaired) electrons. The monoisotopic (exact) mass is 383 g/mol. The van der Waals surface area contributed by atoms with Crippen molar-refractivity contribution >= 4 is 22.2 Å². The molecular formula is C20H21N3O3S. The number of aromatic nitrogens is 2. The molecule has 0 saturated heterocycles. The first kappa shape index (κ1) is 17.7. The van der Waals surface area contributed by atoms with Crippen molar-refractivity contribution in [1.29, 1.82) is 0 Å². The number of hydrogen-bond donors (Lipinski definition) is 1. The Morgan fingerprint density at radius 3 is 2.93 bits per heavy atom. The van der Waals surface area contributed by atoms with Crippen LogP contribution < -0.4 is 15.6 Å². The van der Waals surface area contributed by atoms with Crippen molar-refractivity contribution in [3.05, 3.63) is 62.5 Å². The van der Waals surface area contributed by atoms with Gasteiger partial charge in [0.1, 0.15) is 11.3 Å². The molecule has 2 aromatic heterocycles. The zero-order valence-electron chi connectivity index (χ0n) is 15.2. The molecular weight excluding hydrogens is 362 g/mol. The third-order valence-corrected chi connectivity index (χ3v) is 6.09. The lowest BCUT2D eigenvalue weighted by atomic mass is 10.2. The van der Waals surface area contributed by atoms with Crippen LogP contribution in [0.2, 0.25) is 0 Å². The fourth-order valence-corrected chi connectivity index (χ4v) is 4.69. The average molecular weight is 383 g/mol. The number of hydrogen-bond acceptors (Lipinski definition) is 5. The van der Waals surface area contributed by atoms with Crippen LogP contribution in [0, 0.1) is 0 Å². The molecule has 0 spiro atoms. The molecule has 2 heterocycles. The summed E-state index contributed by atoms with van der Waals surface area (Å²) in [5, 5.41) is 2.81. The van der Waals surface area contributed by atoms with E-state index in [-0.39, 0.29) is 17.7 Å². The van der Waals surface area contributed by atoms with Gasteiger partial charge in [-0.15, -0.1) is 11.3 Å². The maximum Gasteiger partial charge on any atom is 0.271 e. The number of nitrogens with zero attached hydrogens (tertiary/aromatic N) is 2. The SMILES string of the molecule is COc1ccccc1CNC(=O)c1cnc2sc3c(n2c1=O)CCCCC3. The first-order chi connectivity index (χ1) is 13.2. The number of amides is 1. The van der Waals surface area contributed by atoms with E-state index >= 15 is 0 Å². The molecule has 140 valence electrons. The number of ether oxygens (including phenoxy) is 1. The Hall–Kier alpha value is -2.67. The van der Waals surface area contributed by atoms with Crippen molar-refractivity contribution in [3.63, 3.8) is 0 Å². The van der Waals surface area contributed by atoms with Gasteiger partial charge in [0.05, 0.1) is 7.11 Å². The van der Waals surface area contributed by atoms with Crippen LogP contribution in [0.1, 0.15) is 45.8 Å². The van der Waals surface area contributed by atoms with Gasteiger partial charge in [0.15, 0.2) is 4.96 Å². The molecule has 1 N–H and O–H groups in total. The summed E-state index contributed by atoms with van der Waals surface area (Å²) in [7, 11) is 1.59. The van der Waals surface area contributed by atoms with Gasteiger partial charge < -0.3 is 10.1 Å². The molecule has 1 aliphatic carbocycles. The van der Waals surface area contributed by atoms with Gasteiger partial charge in [0, 0.05) is 28.9 Å². The summed E-state index contributed by atoms with van der Waals surface area (Å²) in [6.45, 7) is 0.284. The van der Waals surface area contributed by atoms with Crippen molar-refractivity contribution < 1.29 is 9.53 Å². The van der Waals surface area contributed by atoms with Crippen LogP contribution in [0.5, 0.6) is 5.75 Å². The molecule has 3 aromatic rings. The minimum atomic E-state index is -0.415. The van der Waals surface area contributed by atoms with Crippen LogP contribution in [0.4, 0.5) is 0 Å². The number of carbonyl (C=O) groups excluding carboxylic acids is 1. The van der Waals surface area contributed by atoms with E-state index in [0.717, 1.165) is 36.9 Å². The molecule has 6 nitrogen and oxygen atoms in total. The van der Waals surface area contributed by atoms with Gasteiger partial charge in [-0.2, -0.15) is 0 Å². The highest BCUT2D eigenvalue weighted by molar-refractivity contribution is 7.17. The number of aryl methyl sites for hydroxylation is 2. The van der Waals surface area contributed by atoms with Gasteiger partial charge in [-0.1, -0.05) is 24.6 Å². The first-order valence-corrected chi connectivity index (χ1v) is 9.93. The molecule has 0 fully saturated rings. The molecule has 1 aromatic carbocycles. The van der Waals surface area contributed by atoms with Crippen LogP contribution in [-0.4, -0.2) is 22.4 Å². The van der Waals surface area contributed by atoms with Crippen LogP contribution in [0.15, 0.2) is 35.3 Å². The molecule has 0 aliphatic heterocycles. The van der Waals surface area contributed by atoms with E-state index < -0.39 is 5.91 Å². The number of fused-ring (bicyclic) bond motifs is 3. The summed E-state index contributed by atoms with van der Waals surface area (Å²) in [4.78, 5) is 31.9. The van der Waals surface area contributed by atoms with Crippen LogP contribution >= 0.6 is 11.3 Å². The molecule has 0 bridgehead atoms. The van der Waals surface area contributed by atoms with E-state index in [1.807, 2.05) is 24.3 Å². The minimum Gasteiger partial charge on any atom is -0.496 e. The van der Waals surface area contributed by atoms with Crippen molar-refractivity contribution in [2.75, 3.05) is 7.11 Å². The lowest BCUT2D eigenvalue weighted by Gasteiger charge is -2.09. The number of carbonyl (C=O) groups is 1. The maximum atomic E-state index is 13.0. The molecule has 0 saturated carbocycles. The quantitative estimate of drug-likeness (QED) is 0.703. The summed E-state index contributed by atoms with van der Waals surface area (Å²) < 4.78 is 6.94. The minimum absolute atomic E-state index is 0.0762. The van der Waals surface area contributed by atoms with Crippen LogP contribution in [-0.2, 0) is 19.4 Å². The van der Waals surface area contributed by atoms with Gasteiger partial charge >= 0.3 is 0 Å². The molecule has 27 heavy (non-hydrogen) atoms. The van der Waals surface area contributed by atoms with E-state index in [9.17, 15) is 9.59 Å². The highest BCUT2D eigenvalue weighted by Crippen LogP contribution is 2.27. The van der Waals surface area contributed by atoms with Gasteiger partial charge in [-0.05, 0) is 31.7 Å². The summed E-state index contributed by atoms with van der Waals surface area (Å²) in [5.41, 5.74) is 1.68. The Bertz CT molecular complexity index is 1050. The third kappa shape index (κ3) is 3.35. The van der Waals surface area contributed by atoms with E-state index in [0.29, 0.717) is 10.7 Å². The van der Waals surface area contributed by atoms with Crippen molar-refractivity contribution in [2.45, 2.75) is 38.6 Å². The molecule has 0 atom stereocenters. The lowest BCUT2D eigenvalue weighted by molar-refractivity contribution is 0.0948. The Morgan fingerprint density at radius 1 is 1.26 bits per heavy atom. The second-order valence-corrected chi connectivity index (χ2v) is 7.68. The smallest absolute Gasteiger partial charge is 0.271 e. The van der Waals surface area contributed by atoms with Crippen LogP contribution in [0.3, 0.4) is 0 Å². The standard InChI is InChI=1S/C20H21N3O3S/c1-26-16-9-6-5-7-13(16)11-21-18(24)14-12-22-20-23(19(14)25)15-8-3-2-4-10-17(15)27-20/h5-7,9,12H,2-4,8,10-11H2,1H3,(H,21,24). The number of para-hydroxylation sites is 1. The number of benzene rings is 1. The number of methoxy groups -OCH3 is 1. The van der Waals surface area contributed by atoms with E-state index in [1.54, 1.807) is 22.8 Å². The van der Waals surface area contributed by atoms with Crippen molar-refractivity contribution in [3.8, 4) is 5.75 Å². The van der Waals surface area contributed by atoms with E-state index in [1.165, 1.54) is 17.5 Å². The normalized spacial score (nSPS) is 13.8. The van der Waals surface area contributed by atoms with Crippen molar-refractivity contribution in [2.24, 2.45) is 0 Å². The van der Waals surface area contributed by atoms with Gasteiger partial charge in [0.25, 0.3) is 11.5 Å². The predicted octanol–water partition coefficient (Wildman–Crippen LogP) is 2.96. The Kier molecular flexibility index (Phi) is 4.94. The number of thiazole rings is 1. The first-order valence-electron chi connectivity index (χ1n) is 9.11. The van der Waals surface area contributed by atoms with Gasteiger partial charge in [-0.3, -0.25) is 14.0 Å². The molecule has 1 amide bonds. The fourth-order valence-electron chi connectivity index (χ4n) is 3.52. The average Bonchev–Trinajstić information content (AvgIpc) is 2.89. The molecule has 4 rings (SSSR count). The second-order valence-electron chi connectivity index (χ2n) is 6.62. The number of rotatable bonds is 4. The summed E-state index contributed by atoms with van der Waals surface area (Å²) >= 11 is 1.57. The predicted molar refractivity (Wildman–Crippen MR) is 105 cm³/mol. The summed E-state index contributed by atoms with van der Waals surface area (Å²) in [6.07, 6.45) is 6.62. The summed E-state index contributed by atoms with van der Waals surface area (Å²) in [6, 6.07) is 7.47. The van der Waals surface area contributed by atoms with Gasteiger partial charge in [-0.25, -0.2) is 4.98 Å². The molecule has 7 heteroatoms. The highest BCUT2D eigenvalue weighted by Gasteiger charge is 2.20. The topological polar surface area (TPSA) is 72.7 Å². The third-order valence-electron chi connectivity index (χ3n) is 4.93. The summed E-state index contributed by atoms with van der Waals surface area (Å²) in [5.74, 6) is 0.285. The van der Waals surface area contributed by atoms with Crippen LogP contribution in [0.25, 0.3) is 4.96 Å². The molecule has 1 aliphatic rings. The lowest BCUT2D eigenvalue weighted by Crippen LogP contribution is -2.31. The fraction of sp³-hybridized carbons (Fsp3) is 0.350. The highest BCUT2D eigenvalue weighted by atomic mass is 32.1. The van der Waals surface area contributed by atoms with Crippen molar-refractivity contribution in [1.82, 2.24) is 14.7 Å². The Labute approximate surface area is 160 Å². The van der Waals surface area contributed by atoms with E-state index in [4.69, 9.17) is 4.74 Å². The largest absolute Gasteiger partial charge is 0.496 e. The second kappa shape index (κ2) is 7.52. The van der Waals surface area contributed by atoms with Gasteiger partial charge in [0.2, 0.25) is 0 Å². The zero-order chi connectivity index (χ0) is 18.8. The Morgan fingerprint density at radius 2 is 2.07 bits per heavy atom. The number of nitrogens with one attached hydrogen (secondary N) is 1. The maximum absolute atomic E-state index is 13.0. The molecule has 0 unspecified atom stereocenters. The Balaban J connectivity index is 1.63. The van der Waals surface area contributed by atoms with E-state index in [2.05, 4.69) is 10.3 Å².